The predicted octanol–water partition coefficient (Wildman–Crippen LogP) is 4.21. The zero-order valence-corrected chi connectivity index (χ0v) is 14.9. The third kappa shape index (κ3) is 1.93. The zero-order chi connectivity index (χ0) is 17.2. The molecular weight excluding hydrogens is 368 g/mol. The Morgan fingerprint density at radius 3 is 2.79 bits per heavy atom. The van der Waals surface area contributed by atoms with E-state index in [0.717, 1.165) is 28.1 Å². The third-order valence-corrected chi connectivity index (χ3v) is 5.70. The van der Waals surface area contributed by atoms with E-state index in [0.29, 0.717) is 22.0 Å². The SMILES string of the molecule is CC1(C)c2cc(O)c(Br)cc2Cc2c1[nH]c1c2C(=O)CC(C#N)=C1. The maximum atomic E-state index is 12.6. The molecule has 0 bridgehead atoms. The lowest BCUT2D eigenvalue weighted by molar-refractivity contribution is 0.0992. The number of hydrogen-bond acceptors (Lipinski definition) is 3. The van der Waals surface area contributed by atoms with Crippen LogP contribution in [0.3, 0.4) is 0 Å². The van der Waals surface area contributed by atoms with E-state index in [1.165, 1.54) is 0 Å². The van der Waals surface area contributed by atoms with Gasteiger partial charge in [-0.25, -0.2) is 0 Å². The minimum atomic E-state index is -0.362. The highest BCUT2D eigenvalue weighted by Gasteiger charge is 2.39. The highest BCUT2D eigenvalue weighted by atomic mass is 79.9. The summed E-state index contributed by atoms with van der Waals surface area (Å²) in [6.45, 7) is 4.16. The highest BCUT2D eigenvalue weighted by Crippen LogP contribution is 2.46. The molecular formula is C19H15BrN2O2. The van der Waals surface area contributed by atoms with Crippen molar-refractivity contribution in [3.8, 4) is 11.8 Å². The Kier molecular flexibility index (Phi) is 3.07. The molecule has 1 heterocycles. The van der Waals surface area contributed by atoms with Crippen LogP contribution >= 0.6 is 15.9 Å². The Labute approximate surface area is 147 Å². The van der Waals surface area contributed by atoms with Crippen molar-refractivity contribution in [3.63, 3.8) is 0 Å². The smallest absolute Gasteiger partial charge is 0.170 e. The molecule has 2 aromatic rings. The number of aromatic amines is 1. The number of nitrogens with one attached hydrogen (secondary N) is 1. The lowest BCUT2D eigenvalue weighted by atomic mass is 9.71. The number of ketones is 1. The van der Waals surface area contributed by atoms with Crippen molar-refractivity contribution >= 4 is 27.8 Å². The molecule has 2 aliphatic rings. The fraction of sp³-hybridized carbons (Fsp3) is 0.263. The Bertz CT molecular complexity index is 990. The molecule has 5 heteroatoms. The number of carbonyl (C=O) groups excluding carboxylic acids is 1. The maximum absolute atomic E-state index is 12.6. The number of phenolic OH excluding ortho intramolecular Hbond substituents is 1. The lowest BCUT2D eigenvalue weighted by Gasteiger charge is -2.33. The van der Waals surface area contributed by atoms with Crippen LogP contribution in [0, 0.1) is 11.3 Å². The van der Waals surface area contributed by atoms with Crippen LogP contribution in [0.15, 0.2) is 22.2 Å². The number of aromatic hydroxyl groups is 1. The van der Waals surface area contributed by atoms with E-state index in [-0.39, 0.29) is 23.4 Å². The molecule has 4 nitrogen and oxygen atoms in total. The molecule has 0 atom stereocenters. The van der Waals surface area contributed by atoms with E-state index in [1.54, 1.807) is 12.1 Å². The molecule has 24 heavy (non-hydrogen) atoms. The molecule has 0 spiro atoms. The van der Waals surface area contributed by atoms with Crippen molar-refractivity contribution in [1.29, 1.82) is 5.26 Å². The van der Waals surface area contributed by atoms with E-state index in [4.69, 9.17) is 5.26 Å². The number of benzene rings is 1. The minimum absolute atomic E-state index is 0.00126. The van der Waals surface area contributed by atoms with Crippen LogP contribution in [-0.2, 0) is 11.8 Å². The number of aromatic nitrogens is 1. The van der Waals surface area contributed by atoms with Crippen LogP contribution in [0.25, 0.3) is 6.08 Å². The van der Waals surface area contributed by atoms with Crippen molar-refractivity contribution < 1.29 is 9.90 Å². The second-order valence-corrected chi connectivity index (χ2v) is 7.77. The average Bonchev–Trinajstić information content (AvgIpc) is 2.89. The second-order valence-electron chi connectivity index (χ2n) is 6.91. The van der Waals surface area contributed by atoms with Gasteiger partial charge in [0.1, 0.15) is 5.75 Å². The maximum Gasteiger partial charge on any atom is 0.170 e. The summed E-state index contributed by atoms with van der Waals surface area (Å²) < 4.78 is 0.655. The van der Waals surface area contributed by atoms with Crippen LogP contribution in [-0.4, -0.2) is 15.9 Å². The number of nitrogens with zero attached hydrogens (tertiary/aromatic N) is 1. The Morgan fingerprint density at radius 2 is 2.08 bits per heavy atom. The van der Waals surface area contributed by atoms with Gasteiger partial charge in [0.05, 0.1) is 16.2 Å². The van der Waals surface area contributed by atoms with E-state index in [2.05, 4.69) is 40.8 Å². The molecule has 0 unspecified atom stereocenters. The van der Waals surface area contributed by atoms with Crippen molar-refractivity contribution in [1.82, 2.24) is 4.98 Å². The molecule has 0 saturated heterocycles. The summed E-state index contributed by atoms with van der Waals surface area (Å²) in [5, 5.41) is 19.2. The van der Waals surface area contributed by atoms with E-state index in [9.17, 15) is 9.90 Å². The molecule has 2 aliphatic carbocycles. The summed E-state index contributed by atoms with van der Waals surface area (Å²) >= 11 is 3.38. The van der Waals surface area contributed by atoms with Crippen LogP contribution in [0.2, 0.25) is 0 Å². The molecule has 0 saturated carbocycles. The summed E-state index contributed by atoms with van der Waals surface area (Å²) in [5.41, 5.74) is 5.72. The van der Waals surface area contributed by atoms with Crippen molar-refractivity contribution in [3.05, 3.63) is 55.8 Å². The number of phenols is 1. The minimum Gasteiger partial charge on any atom is -0.507 e. The largest absolute Gasteiger partial charge is 0.507 e. The molecule has 0 aliphatic heterocycles. The monoisotopic (exact) mass is 382 g/mol. The molecule has 0 fully saturated rings. The van der Waals surface area contributed by atoms with E-state index >= 15 is 0 Å². The van der Waals surface area contributed by atoms with Gasteiger partial charge in [0, 0.05) is 35.1 Å². The number of carbonyl (C=O) groups is 1. The molecule has 1 aromatic heterocycles. The standard InChI is InChI=1S/C19H15BrN2O2/c1-19(2)12-7-15(23)13(20)6-10(12)5-11-17-14(22-18(11)19)3-9(8-21)4-16(17)24/h3,6-7,22-23H,4-5H2,1-2H3. The number of hydrogen-bond donors (Lipinski definition) is 2. The van der Waals surface area contributed by atoms with Gasteiger partial charge < -0.3 is 10.1 Å². The first-order valence-electron chi connectivity index (χ1n) is 7.74. The number of Topliss-reactive ketones (excluding diaryl/α,β-unsaturated/α-hetero) is 1. The number of rotatable bonds is 0. The summed E-state index contributed by atoms with van der Waals surface area (Å²) in [6, 6.07) is 5.81. The van der Waals surface area contributed by atoms with Gasteiger partial charge in [-0.05, 0) is 50.8 Å². The van der Waals surface area contributed by atoms with Gasteiger partial charge in [-0.15, -0.1) is 0 Å². The third-order valence-electron chi connectivity index (χ3n) is 5.06. The number of fused-ring (bicyclic) bond motifs is 4. The van der Waals surface area contributed by atoms with Crippen molar-refractivity contribution in [2.24, 2.45) is 0 Å². The van der Waals surface area contributed by atoms with Crippen LogP contribution in [0.1, 0.15) is 58.7 Å². The quantitative estimate of drug-likeness (QED) is 0.716. The summed E-state index contributed by atoms with van der Waals surface area (Å²) in [7, 11) is 0. The predicted molar refractivity (Wildman–Crippen MR) is 94.1 cm³/mol. The first-order valence-corrected chi connectivity index (χ1v) is 8.53. The molecule has 4 rings (SSSR count). The van der Waals surface area contributed by atoms with E-state index in [1.807, 2.05) is 6.07 Å². The number of halogens is 1. The van der Waals surface area contributed by atoms with Gasteiger partial charge in [0.25, 0.3) is 0 Å². The molecule has 120 valence electrons. The number of H-pyrrole nitrogens is 1. The van der Waals surface area contributed by atoms with Crippen LogP contribution < -0.4 is 0 Å². The first-order chi connectivity index (χ1) is 11.3. The molecule has 0 amide bonds. The Balaban J connectivity index is 1.99. The lowest BCUT2D eigenvalue weighted by Crippen LogP contribution is -2.27. The van der Waals surface area contributed by atoms with Crippen LogP contribution in [0.4, 0.5) is 0 Å². The summed E-state index contributed by atoms with van der Waals surface area (Å²) in [5.74, 6) is 0.211. The fourth-order valence-electron chi connectivity index (χ4n) is 3.91. The van der Waals surface area contributed by atoms with Gasteiger partial charge in [0.15, 0.2) is 5.78 Å². The zero-order valence-electron chi connectivity index (χ0n) is 13.3. The summed E-state index contributed by atoms with van der Waals surface area (Å²) in [6.07, 6.45) is 2.59. The van der Waals surface area contributed by atoms with E-state index < -0.39 is 0 Å². The van der Waals surface area contributed by atoms with Gasteiger partial charge in [-0.1, -0.05) is 13.8 Å². The first kappa shape index (κ1) is 15.2. The van der Waals surface area contributed by atoms with Gasteiger partial charge in [-0.2, -0.15) is 5.26 Å². The van der Waals surface area contributed by atoms with Gasteiger partial charge >= 0.3 is 0 Å². The molecule has 0 radical (unpaired) electrons. The second kappa shape index (κ2) is 4.84. The normalized spacial score (nSPS) is 17.4. The average molecular weight is 383 g/mol. The fourth-order valence-corrected chi connectivity index (χ4v) is 4.30. The number of allylic oxidation sites excluding steroid dienone is 1. The van der Waals surface area contributed by atoms with Crippen LogP contribution in [0.5, 0.6) is 5.75 Å². The van der Waals surface area contributed by atoms with Crippen molar-refractivity contribution in [2.45, 2.75) is 32.1 Å². The molecule has 1 aromatic carbocycles. The van der Waals surface area contributed by atoms with Gasteiger partial charge in [0.2, 0.25) is 0 Å². The highest BCUT2D eigenvalue weighted by molar-refractivity contribution is 9.10. The van der Waals surface area contributed by atoms with Gasteiger partial charge in [-0.3, -0.25) is 4.79 Å². The molecule has 2 N–H and O–H groups in total. The summed E-state index contributed by atoms with van der Waals surface area (Å²) in [4.78, 5) is 15.9. The van der Waals surface area contributed by atoms with Crippen molar-refractivity contribution in [2.75, 3.05) is 0 Å². The number of nitriles is 1. The Hall–Kier alpha value is -2.32. The Morgan fingerprint density at radius 1 is 1.33 bits per heavy atom. The topological polar surface area (TPSA) is 76.9 Å².